The van der Waals surface area contributed by atoms with E-state index in [2.05, 4.69) is 4.98 Å². The Morgan fingerprint density at radius 2 is 2.21 bits per heavy atom. The Balaban J connectivity index is 1.69. The van der Waals surface area contributed by atoms with Gasteiger partial charge >= 0.3 is 0 Å². The number of likely N-dealkylation sites (tertiary alicyclic amines) is 1. The van der Waals surface area contributed by atoms with Gasteiger partial charge in [-0.05, 0) is 24.3 Å². The second-order valence-corrected chi connectivity index (χ2v) is 7.00. The van der Waals surface area contributed by atoms with E-state index in [1.54, 1.807) is 25.1 Å². The van der Waals surface area contributed by atoms with Gasteiger partial charge in [0.2, 0.25) is 11.8 Å². The number of fused-ring (bicyclic) bond motifs is 1. The summed E-state index contributed by atoms with van der Waals surface area (Å²) in [4.78, 5) is 45.1. The van der Waals surface area contributed by atoms with Crippen molar-refractivity contribution in [3.05, 3.63) is 28.1 Å². The van der Waals surface area contributed by atoms with Gasteiger partial charge in [-0.25, -0.2) is 4.98 Å². The van der Waals surface area contributed by atoms with E-state index in [4.69, 9.17) is 0 Å². The van der Waals surface area contributed by atoms with Gasteiger partial charge < -0.3 is 9.80 Å². The van der Waals surface area contributed by atoms with Crippen molar-refractivity contribution in [3.8, 4) is 0 Å². The van der Waals surface area contributed by atoms with Gasteiger partial charge in [0.15, 0.2) is 0 Å². The fraction of sp³-hybridized carbons (Fsp3) is 0.500. The second-order valence-electron chi connectivity index (χ2n) is 6.11. The molecule has 0 radical (unpaired) electrons. The summed E-state index contributed by atoms with van der Waals surface area (Å²) in [6.45, 7) is 0.871. The van der Waals surface area contributed by atoms with E-state index in [1.165, 1.54) is 27.1 Å². The summed E-state index contributed by atoms with van der Waals surface area (Å²) in [7, 11) is 3.40. The van der Waals surface area contributed by atoms with Gasteiger partial charge in [-0.15, -0.1) is 11.3 Å². The van der Waals surface area contributed by atoms with Crippen LogP contribution in [0.4, 0.5) is 0 Å². The van der Waals surface area contributed by atoms with Gasteiger partial charge in [0.25, 0.3) is 5.56 Å². The summed E-state index contributed by atoms with van der Waals surface area (Å²) in [5, 5.41) is 2.41. The number of hydrogen-bond donors (Lipinski definition) is 0. The minimum atomic E-state index is -0.373. The molecular weight excluding hydrogens is 328 g/mol. The number of hydrogen-bond acceptors (Lipinski definition) is 5. The molecule has 2 aromatic heterocycles. The van der Waals surface area contributed by atoms with E-state index in [-0.39, 0.29) is 36.4 Å². The van der Waals surface area contributed by atoms with Crippen molar-refractivity contribution < 1.29 is 9.59 Å². The van der Waals surface area contributed by atoms with E-state index >= 15 is 0 Å². The molecule has 7 nitrogen and oxygen atoms in total. The minimum absolute atomic E-state index is 0.0422. The third kappa shape index (κ3) is 3.06. The lowest BCUT2D eigenvalue weighted by molar-refractivity contribution is -0.142. The number of carbonyl (C=O) groups is 2. The minimum Gasteiger partial charge on any atom is -0.347 e. The maximum Gasteiger partial charge on any atom is 0.262 e. The summed E-state index contributed by atoms with van der Waals surface area (Å²) in [6.07, 6.45) is 3.21. The third-order valence-electron chi connectivity index (χ3n) is 4.32. The number of rotatable bonds is 4. The van der Waals surface area contributed by atoms with Crippen LogP contribution in [-0.2, 0) is 16.1 Å². The SMILES string of the molecule is CN(C)C(=O)C1CCCN1C(=O)CCn1cnc2sccc2c1=O. The highest BCUT2D eigenvalue weighted by molar-refractivity contribution is 7.16. The summed E-state index contributed by atoms with van der Waals surface area (Å²) >= 11 is 1.42. The van der Waals surface area contributed by atoms with Gasteiger partial charge in [0.1, 0.15) is 10.9 Å². The molecule has 0 aliphatic carbocycles. The fourth-order valence-electron chi connectivity index (χ4n) is 3.03. The average Bonchev–Trinajstić information content (AvgIpc) is 3.22. The van der Waals surface area contributed by atoms with Crippen molar-refractivity contribution >= 4 is 33.4 Å². The zero-order chi connectivity index (χ0) is 17.3. The lowest BCUT2D eigenvalue weighted by Gasteiger charge is -2.26. The van der Waals surface area contributed by atoms with Crippen LogP contribution in [0.2, 0.25) is 0 Å². The monoisotopic (exact) mass is 348 g/mol. The first kappa shape index (κ1) is 16.6. The maximum absolute atomic E-state index is 12.5. The predicted molar refractivity (Wildman–Crippen MR) is 91.9 cm³/mol. The highest BCUT2D eigenvalue weighted by atomic mass is 32.1. The number of nitrogens with zero attached hydrogens (tertiary/aromatic N) is 4. The third-order valence-corrected chi connectivity index (χ3v) is 5.14. The average molecular weight is 348 g/mol. The highest BCUT2D eigenvalue weighted by Gasteiger charge is 2.34. The number of amides is 2. The first-order chi connectivity index (χ1) is 11.5. The van der Waals surface area contributed by atoms with Gasteiger partial charge in [0.05, 0.1) is 11.7 Å². The molecule has 1 aliphatic rings. The summed E-state index contributed by atoms with van der Waals surface area (Å²) in [5.74, 6) is -0.135. The topological polar surface area (TPSA) is 75.5 Å². The van der Waals surface area contributed by atoms with E-state index in [0.29, 0.717) is 23.2 Å². The Kier molecular flexibility index (Phi) is 4.66. The molecule has 8 heteroatoms. The lowest BCUT2D eigenvalue weighted by atomic mass is 10.2. The molecule has 0 N–H and O–H groups in total. The molecule has 0 aromatic carbocycles. The van der Waals surface area contributed by atoms with Gasteiger partial charge in [-0.2, -0.15) is 0 Å². The van der Waals surface area contributed by atoms with Crippen molar-refractivity contribution in [1.29, 1.82) is 0 Å². The molecule has 0 saturated carbocycles. The highest BCUT2D eigenvalue weighted by Crippen LogP contribution is 2.20. The number of carbonyl (C=O) groups excluding carboxylic acids is 2. The van der Waals surface area contributed by atoms with Crippen molar-refractivity contribution in [3.63, 3.8) is 0 Å². The van der Waals surface area contributed by atoms with Crippen LogP contribution in [0.5, 0.6) is 0 Å². The molecule has 1 saturated heterocycles. The Labute approximate surface area is 143 Å². The van der Waals surface area contributed by atoms with Crippen LogP contribution in [0.25, 0.3) is 10.2 Å². The van der Waals surface area contributed by atoms with Crippen molar-refractivity contribution in [1.82, 2.24) is 19.4 Å². The Morgan fingerprint density at radius 1 is 1.42 bits per heavy atom. The van der Waals surface area contributed by atoms with Gasteiger partial charge in [-0.1, -0.05) is 0 Å². The van der Waals surface area contributed by atoms with E-state index in [1.807, 2.05) is 5.38 Å². The summed E-state index contributed by atoms with van der Waals surface area (Å²) in [6, 6.07) is 1.38. The molecule has 1 aliphatic heterocycles. The van der Waals surface area contributed by atoms with Crippen LogP contribution in [0.15, 0.2) is 22.6 Å². The molecule has 128 valence electrons. The Bertz CT molecular complexity index is 826. The number of aromatic nitrogens is 2. The van der Waals surface area contributed by atoms with Crippen molar-refractivity contribution in [2.24, 2.45) is 0 Å². The molecule has 1 unspecified atom stereocenters. The summed E-state index contributed by atoms with van der Waals surface area (Å²) < 4.78 is 1.46. The molecule has 3 rings (SSSR count). The quantitative estimate of drug-likeness (QED) is 0.824. The van der Waals surface area contributed by atoms with E-state index in [0.717, 1.165) is 6.42 Å². The number of likely N-dealkylation sites (N-methyl/N-ethyl adjacent to an activating group) is 1. The van der Waals surface area contributed by atoms with Crippen LogP contribution >= 0.6 is 11.3 Å². The molecule has 3 heterocycles. The number of aryl methyl sites for hydroxylation is 1. The predicted octanol–water partition coefficient (Wildman–Crippen LogP) is 0.927. The number of thiophene rings is 1. The van der Waals surface area contributed by atoms with E-state index in [9.17, 15) is 14.4 Å². The van der Waals surface area contributed by atoms with Gasteiger partial charge in [0, 0.05) is 33.6 Å². The van der Waals surface area contributed by atoms with Crippen molar-refractivity contribution in [2.75, 3.05) is 20.6 Å². The van der Waals surface area contributed by atoms with Crippen LogP contribution in [0, 0.1) is 0 Å². The molecule has 24 heavy (non-hydrogen) atoms. The van der Waals surface area contributed by atoms with Crippen LogP contribution < -0.4 is 5.56 Å². The van der Waals surface area contributed by atoms with E-state index < -0.39 is 0 Å². The molecule has 0 bridgehead atoms. The lowest BCUT2D eigenvalue weighted by Crippen LogP contribution is -2.45. The molecular formula is C16H20N4O3S. The van der Waals surface area contributed by atoms with Crippen LogP contribution in [0.3, 0.4) is 0 Å². The fourth-order valence-corrected chi connectivity index (χ4v) is 3.76. The zero-order valence-corrected chi connectivity index (χ0v) is 14.6. The Hall–Kier alpha value is -2.22. The van der Waals surface area contributed by atoms with Gasteiger partial charge in [-0.3, -0.25) is 19.0 Å². The standard InChI is InChI=1S/C16H20N4O3S/c1-18(2)16(23)12-4-3-7-20(12)13(21)5-8-19-10-17-14-11(15(19)22)6-9-24-14/h6,9-10,12H,3-5,7-8H2,1-2H3. The Morgan fingerprint density at radius 3 is 2.96 bits per heavy atom. The molecule has 0 spiro atoms. The molecule has 1 atom stereocenters. The smallest absolute Gasteiger partial charge is 0.262 e. The first-order valence-electron chi connectivity index (χ1n) is 7.92. The van der Waals surface area contributed by atoms with Crippen LogP contribution in [0.1, 0.15) is 19.3 Å². The second kappa shape index (κ2) is 6.72. The maximum atomic E-state index is 12.5. The molecule has 2 aromatic rings. The van der Waals surface area contributed by atoms with Crippen molar-refractivity contribution in [2.45, 2.75) is 31.8 Å². The molecule has 1 fully saturated rings. The zero-order valence-electron chi connectivity index (χ0n) is 13.8. The van der Waals surface area contributed by atoms with Crippen LogP contribution in [-0.4, -0.2) is 57.8 Å². The summed E-state index contributed by atoms with van der Waals surface area (Å²) in [5.41, 5.74) is -0.128. The largest absolute Gasteiger partial charge is 0.347 e. The first-order valence-corrected chi connectivity index (χ1v) is 8.80. The molecule has 2 amide bonds. The normalized spacial score (nSPS) is 17.4.